The van der Waals surface area contributed by atoms with Crippen LogP contribution in [0.15, 0.2) is 48.5 Å². The number of aliphatic hydroxyl groups is 1. The molecule has 2 aromatic carbocycles. The molecule has 0 aliphatic heterocycles. The molecule has 0 atom stereocenters. The zero-order chi connectivity index (χ0) is 15.1. The second-order valence-electron chi connectivity index (χ2n) is 4.81. The monoisotopic (exact) mass is 285 g/mol. The third-order valence-electron chi connectivity index (χ3n) is 3.15. The average molecular weight is 285 g/mol. The Morgan fingerprint density at radius 3 is 2.43 bits per heavy atom. The molecule has 0 saturated heterocycles. The van der Waals surface area contributed by atoms with Crippen molar-refractivity contribution < 1.29 is 14.6 Å². The van der Waals surface area contributed by atoms with Crippen molar-refractivity contribution in [3.05, 3.63) is 65.2 Å². The average Bonchev–Trinajstić information content (AvgIpc) is 2.52. The Balaban J connectivity index is 1.78. The molecule has 110 valence electrons. The Bertz CT molecular complexity index is 593. The van der Waals surface area contributed by atoms with Crippen molar-refractivity contribution in [1.29, 1.82) is 0 Å². The number of para-hydroxylation sites is 1. The van der Waals surface area contributed by atoms with Crippen LogP contribution in [-0.2, 0) is 17.9 Å². The second-order valence-corrected chi connectivity index (χ2v) is 4.81. The van der Waals surface area contributed by atoms with Gasteiger partial charge in [0.1, 0.15) is 5.75 Å². The molecule has 1 amide bonds. The van der Waals surface area contributed by atoms with E-state index >= 15 is 0 Å². The van der Waals surface area contributed by atoms with Crippen LogP contribution in [0.3, 0.4) is 0 Å². The first kappa shape index (κ1) is 15.1. The molecule has 0 saturated carbocycles. The molecule has 4 heteroatoms. The fourth-order valence-electron chi connectivity index (χ4n) is 1.88. The summed E-state index contributed by atoms with van der Waals surface area (Å²) in [6.45, 7) is 2.41. The van der Waals surface area contributed by atoms with Gasteiger partial charge in [0.15, 0.2) is 6.61 Å². The van der Waals surface area contributed by atoms with Crippen molar-refractivity contribution in [2.24, 2.45) is 0 Å². The first-order valence-corrected chi connectivity index (χ1v) is 6.83. The van der Waals surface area contributed by atoms with Crippen molar-refractivity contribution in [2.45, 2.75) is 20.1 Å². The van der Waals surface area contributed by atoms with Crippen LogP contribution in [0.4, 0.5) is 0 Å². The molecule has 0 spiro atoms. The number of benzene rings is 2. The molecule has 0 radical (unpaired) electrons. The van der Waals surface area contributed by atoms with Gasteiger partial charge in [0.2, 0.25) is 0 Å². The number of carbonyl (C=O) groups excluding carboxylic acids is 1. The van der Waals surface area contributed by atoms with E-state index in [-0.39, 0.29) is 19.1 Å². The Morgan fingerprint density at radius 1 is 1.10 bits per heavy atom. The largest absolute Gasteiger partial charge is 0.484 e. The number of ether oxygens (including phenoxy) is 1. The van der Waals surface area contributed by atoms with Gasteiger partial charge in [-0.2, -0.15) is 0 Å². The van der Waals surface area contributed by atoms with E-state index in [2.05, 4.69) is 5.32 Å². The summed E-state index contributed by atoms with van der Waals surface area (Å²) in [6, 6.07) is 15.0. The molecule has 2 N–H and O–H groups in total. The molecule has 0 heterocycles. The summed E-state index contributed by atoms with van der Waals surface area (Å²) in [5.74, 6) is 0.560. The third kappa shape index (κ3) is 4.61. The lowest BCUT2D eigenvalue weighted by Crippen LogP contribution is -2.28. The minimum Gasteiger partial charge on any atom is -0.484 e. The van der Waals surface area contributed by atoms with Crippen LogP contribution in [-0.4, -0.2) is 17.6 Å². The lowest BCUT2D eigenvalue weighted by molar-refractivity contribution is -0.123. The lowest BCUT2D eigenvalue weighted by atomic mass is 10.1. The molecule has 0 bridgehead atoms. The Hall–Kier alpha value is -2.33. The Morgan fingerprint density at radius 2 is 1.76 bits per heavy atom. The second kappa shape index (κ2) is 7.45. The van der Waals surface area contributed by atoms with E-state index in [0.717, 1.165) is 22.4 Å². The van der Waals surface area contributed by atoms with Crippen LogP contribution < -0.4 is 10.1 Å². The molecule has 2 rings (SSSR count). The van der Waals surface area contributed by atoms with E-state index in [1.165, 1.54) is 0 Å². The zero-order valence-electron chi connectivity index (χ0n) is 12.0. The molecule has 4 nitrogen and oxygen atoms in total. The maximum Gasteiger partial charge on any atom is 0.258 e. The fourth-order valence-corrected chi connectivity index (χ4v) is 1.88. The molecule has 0 unspecified atom stereocenters. The number of rotatable bonds is 6. The number of nitrogens with one attached hydrogen (secondary N) is 1. The van der Waals surface area contributed by atoms with Gasteiger partial charge in [-0.05, 0) is 29.7 Å². The first-order valence-electron chi connectivity index (χ1n) is 6.83. The van der Waals surface area contributed by atoms with Gasteiger partial charge in [0.25, 0.3) is 5.91 Å². The Kier molecular flexibility index (Phi) is 5.35. The van der Waals surface area contributed by atoms with Crippen LogP contribution in [0.1, 0.15) is 16.7 Å². The summed E-state index contributed by atoms with van der Waals surface area (Å²) in [5, 5.41) is 11.8. The highest BCUT2D eigenvalue weighted by molar-refractivity contribution is 5.77. The summed E-state index contributed by atoms with van der Waals surface area (Å²) in [6.07, 6.45) is 0. The van der Waals surface area contributed by atoms with Crippen molar-refractivity contribution >= 4 is 5.91 Å². The number of hydrogen-bond acceptors (Lipinski definition) is 3. The SMILES string of the molecule is Cc1ccccc1OCC(=O)NCc1ccc(CO)cc1. The first-order chi connectivity index (χ1) is 10.2. The number of aryl methyl sites for hydroxylation is 1. The molecular formula is C17H19NO3. The Labute approximate surface area is 124 Å². The van der Waals surface area contributed by atoms with E-state index in [0.29, 0.717) is 6.54 Å². The van der Waals surface area contributed by atoms with Gasteiger partial charge < -0.3 is 15.2 Å². The molecule has 0 aliphatic carbocycles. The smallest absolute Gasteiger partial charge is 0.258 e. The predicted molar refractivity (Wildman–Crippen MR) is 80.9 cm³/mol. The van der Waals surface area contributed by atoms with Crippen LogP contribution in [0.25, 0.3) is 0 Å². The third-order valence-corrected chi connectivity index (χ3v) is 3.15. The van der Waals surface area contributed by atoms with Crippen molar-refractivity contribution in [3.8, 4) is 5.75 Å². The van der Waals surface area contributed by atoms with Crippen LogP contribution in [0, 0.1) is 6.92 Å². The quantitative estimate of drug-likeness (QED) is 0.855. The van der Waals surface area contributed by atoms with Crippen molar-refractivity contribution in [1.82, 2.24) is 5.32 Å². The van der Waals surface area contributed by atoms with Crippen LogP contribution in [0.5, 0.6) is 5.75 Å². The summed E-state index contributed by atoms with van der Waals surface area (Å²) >= 11 is 0. The summed E-state index contributed by atoms with van der Waals surface area (Å²) in [7, 11) is 0. The van der Waals surface area contributed by atoms with Crippen LogP contribution in [0.2, 0.25) is 0 Å². The molecule has 0 fully saturated rings. The van der Waals surface area contributed by atoms with Gasteiger partial charge >= 0.3 is 0 Å². The maximum atomic E-state index is 11.7. The van der Waals surface area contributed by atoms with E-state index < -0.39 is 0 Å². The number of carbonyl (C=O) groups is 1. The van der Waals surface area contributed by atoms with E-state index in [9.17, 15) is 4.79 Å². The fraction of sp³-hybridized carbons (Fsp3) is 0.235. The molecule has 0 aromatic heterocycles. The number of aliphatic hydroxyl groups excluding tert-OH is 1. The topological polar surface area (TPSA) is 58.6 Å². The predicted octanol–water partition coefficient (Wildman–Crippen LogP) is 2.18. The van der Waals surface area contributed by atoms with Crippen LogP contribution >= 0.6 is 0 Å². The minimum atomic E-state index is -0.163. The lowest BCUT2D eigenvalue weighted by Gasteiger charge is -2.09. The highest BCUT2D eigenvalue weighted by Gasteiger charge is 2.04. The summed E-state index contributed by atoms with van der Waals surface area (Å²) in [4.78, 5) is 11.7. The number of hydrogen-bond donors (Lipinski definition) is 2. The van der Waals surface area contributed by atoms with Gasteiger partial charge in [-0.15, -0.1) is 0 Å². The van der Waals surface area contributed by atoms with Crippen molar-refractivity contribution in [2.75, 3.05) is 6.61 Å². The van der Waals surface area contributed by atoms with Gasteiger partial charge in [-0.1, -0.05) is 42.5 Å². The molecular weight excluding hydrogens is 266 g/mol. The molecule has 21 heavy (non-hydrogen) atoms. The number of amides is 1. The molecule has 2 aromatic rings. The van der Waals surface area contributed by atoms with Gasteiger partial charge in [-0.3, -0.25) is 4.79 Å². The van der Waals surface area contributed by atoms with E-state index in [1.807, 2.05) is 55.5 Å². The normalized spacial score (nSPS) is 10.2. The highest BCUT2D eigenvalue weighted by Crippen LogP contribution is 2.15. The molecule has 0 aliphatic rings. The van der Waals surface area contributed by atoms with Crippen molar-refractivity contribution in [3.63, 3.8) is 0 Å². The van der Waals surface area contributed by atoms with E-state index in [1.54, 1.807) is 0 Å². The van der Waals surface area contributed by atoms with Gasteiger partial charge in [0, 0.05) is 6.54 Å². The zero-order valence-corrected chi connectivity index (χ0v) is 12.0. The van der Waals surface area contributed by atoms with Gasteiger partial charge in [-0.25, -0.2) is 0 Å². The highest BCUT2D eigenvalue weighted by atomic mass is 16.5. The summed E-state index contributed by atoms with van der Waals surface area (Å²) < 4.78 is 5.48. The maximum absolute atomic E-state index is 11.7. The minimum absolute atomic E-state index is 0.000420. The van der Waals surface area contributed by atoms with Gasteiger partial charge in [0.05, 0.1) is 6.61 Å². The summed E-state index contributed by atoms with van der Waals surface area (Å²) in [5.41, 5.74) is 2.84. The van der Waals surface area contributed by atoms with E-state index in [4.69, 9.17) is 9.84 Å². The standard InChI is InChI=1S/C17H19NO3/c1-13-4-2-3-5-16(13)21-12-17(20)18-10-14-6-8-15(11-19)9-7-14/h2-9,19H,10-12H2,1H3,(H,18,20).